The maximum absolute atomic E-state index is 13.0. The Labute approximate surface area is 173 Å². The molecule has 1 heterocycles. The normalized spacial score (nSPS) is 24.6. The largest absolute Gasteiger partial charge is 0.352 e. The molecule has 1 aromatic rings. The Kier molecular flexibility index (Phi) is 6.67. The number of halogens is 2. The quantitative estimate of drug-likeness (QED) is 0.688. The van der Waals surface area contributed by atoms with Crippen molar-refractivity contribution >= 4 is 46.7 Å². The molecule has 1 aliphatic heterocycles. The summed E-state index contributed by atoms with van der Waals surface area (Å²) in [5.41, 5.74) is 5.68. The van der Waals surface area contributed by atoms with Gasteiger partial charge in [-0.2, -0.15) is 0 Å². The van der Waals surface area contributed by atoms with Crippen LogP contribution in [0.1, 0.15) is 38.5 Å². The summed E-state index contributed by atoms with van der Waals surface area (Å²) in [4.78, 5) is 38.4. The van der Waals surface area contributed by atoms with Crippen molar-refractivity contribution in [1.82, 2.24) is 10.2 Å². The summed E-state index contributed by atoms with van der Waals surface area (Å²) in [5, 5.41) is 6.39. The lowest BCUT2D eigenvalue weighted by Gasteiger charge is -2.32. The van der Waals surface area contributed by atoms with Gasteiger partial charge in [-0.05, 0) is 56.7 Å². The van der Waals surface area contributed by atoms with Crippen LogP contribution in [0.3, 0.4) is 0 Å². The Bertz CT molecular complexity index is 745. The SMILES string of the molecule is NC(=O)NC1CCC(C(=O)N2CCC[C@@H]2C(=O)Nc2cc(Cl)cc(Cl)c2)CC1. The molecule has 2 fully saturated rings. The molecular weight excluding hydrogens is 403 g/mol. The monoisotopic (exact) mass is 426 g/mol. The van der Waals surface area contributed by atoms with Gasteiger partial charge in [0.25, 0.3) is 0 Å². The summed E-state index contributed by atoms with van der Waals surface area (Å²) >= 11 is 12.0. The van der Waals surface area contributed by atoms with E-state index < -0.39 is 12.1 Å². The summed E-state index contributed by atoms with van der Waals surface area (Å²) in [7, 11) is 0. The van der Waals surface area contributed by atoms with Crippen molar-refractivity contribution in [2.24, 2.45) is 11.7 Å². The molecule has 1 saturated carbocycles. The van der Waals surface area contributed by atoms with Crippen LogP contribution < -0.4 is 16.4 Å². The van der Waals surface area contributed by atoms with Crippen molar-refractivity contribution in [2.75, 3.05) is 11.9 Å². The van der Waals surface area contributed by atoms with Crippen LogP contribution in [0.15, 0.2) is 18.2 Å². The maximum atomic E-state index is 13.0. The van der Waals surface area contributed by atoms with E-state index in [9.17, 15) is 14.4 Å². The van der Waals surface area contributed by atoms with Gasteiger partial charge in [-0.25, -0.2) is 4.79 Å². The number of carbonyl (C=O) groups excluding carboxylic acids is 3. The van der Waals surface area contributed by atoms with E-state index in [1.807, 2.05) is 0 Å². The molecule has 4 N–H and O–H groups in total. The molecule has 1 saturated heterocycles. The second-order valence-electron chi connectivity index (χ2n) is 7.39. The summed E-state index contributed by atoms with van der Waals surface area (Å²) in [5.74, 6) is -0.340. The minimum atomic E-state index is -0.535. The molecule has 0 unspecified atom stereocenters. The molecule has 0 bridgehead atoms. The minimum Gasteiger partial charge on any atom is -0.352 e. The third kappa shape index (κ3) is 5.08. The van der Waals surface area contributed by atoms with Crippen molar-refractivity contribution in [2.45, 2.75) is 50.6 Å². The van der Waals surface area contributed by atoms with Crippen LogP contribution in [-0.2, 0) is 9.59 Å². The second-order valence-corrected chi connectivity index (χ2v) is 8.27. The number of likely N-dealkylation sites (tertiary alicyclic amines) is 1. The summed E-state index contributed by atoms with van der Waals surface area (Å²) in [6.45, 7) is 0.576. The molecule has 1 aliphatic carbocycles. The molecule has 152 valence electrons. The van der Waals surface area contributed by atoms with Gasteiger partial charge in [-0.3, -0.25) is 9.59 Å². The molecule has 9 heteroatoms. The Morgan fingerprint density at radius 2 is 1.64 bits per heavy atom. The predicted octanol–water partition coefficient (Wildman–Crippen LogP) is 3.15. The van der Waals surface area contributed by atoms with E-state index in [4.69, 9.17) is 28.9 Å². The number of hydrogen-bond acceptors (Lipinski definition) is 3. The fourth-order valence-electron chi connectivity index (χ4n) is 4.08. The van der Waals surface area contributed by atoms with Crippen LogP contribution in [0.25, 0.3) is 0 Å². The standard InChI is InChI=1S/C19H24Cl2N4O3/c20-12-8-13(21)10-15(9-12)23-17(26)16-2-1-7-25(16)18(27)11-3-5-14(6-4-11)24-19(22)28/h8-11,14,16H,1-7H2,(H,23,26)(H3,22,24,28)/t11?,14?,16-/m1/s1. The average molecular weight is 427 g/mol. The molecule has 2 aliphatic rings. The van der Waals surface area contributed by atoms with Crippen molar-refractivity contribution in [3.8, 4) is 0 Å². The summed E-state index contributed by atoms with van der Waals surface area (Å²) in [6, 6.07) is 3.83. The number of nitrogens with zero attached hydrogens (tertiary/aromatic N) is 1. The van der Waals surface area contributed by atoms with Crippen LogP contribution in [0.4, 0.5) is 10.5 Å². The first kappa shape index (κ1) is 20.7. The third-order valence-corrected chi connectivity index (χ3v) is 5.83. The maximum Gasteiger partial charge on any atom is 0.312 e. The molecule has 0 radical (unpaired) electrons. The third-order valence-electron chi connectivity index (χ3n) is 5.39. The van der Waals surface area contributed by atoms with E-state index in [2.05, 4.69) is 10.6 Å². The van der Waals surface area contributed by atoms with Crippen LogP contribution in [0.5, 0.6) is 0 Å². The number of benzene rings is 1. The second kappa shape index (κ2) is 9.01. The summed E-state index contributed by atoms with van der Waals surface area (Å²) < 4.78 is 0. The Balaban J connectivity index is 1.60. The highest BCUT2D eigenvalue weighted by Gasteiger charge is 2.38. The van der Waals surface area contributed by atoms with Gasteiger partial charge >= 0.3 is 6.03 Å². The van der Waals surface area contributed by atoms with Gasteiger partial charge in [0.05, 0.1) is 0 Å². The molecule has 3 rings (SSSR count). The highest BCUT2D eigenvalue weighted by atomic mass is 35.5. The van der Waals surface area contributed by atoms with Crippen LogP contribution in [-0.4, -0.2) is 41.4 Å². The highest BCUT2D eigenvalue weighted by Crippen LogP contribution is 2.30. The van der Waals surface area contributed by atoms with Crippen molar-refractivity contribution in [1.29, 1.82) is 0 Å². The number of urea groups is 1. The number of nitrogens with one attached hydrogen (secondary N) is 2. The van der Waals surface area contributed by atoms with Gasteiger partial charge in [-0.15, -0.1) is 0 Å². The lowest BCUT2D eigenvalue weighted by atomic mass is 9.85. The van der Waals surface area contributed by atoms with Gasteiger partial charge < -0.3 is 21.3 Å². The molecular formula is C19H24Cl2N4O3. The van der Waals surface area contributed by atoms with E-state index in [-0.39, 0.29) is 23.8 Å². The van der Waals surface area contributed by atoms with E-state index >= 15 is 0 Å². The topological polar surface area (TPSA) is 105 Å². The van der Waals surface area contributed by atoms with Crippen molar-refractivity contribution in [3.05, 3.63) is 28.2 Å². The van der Waals surface area contributed by atoms with E-state index in [0.717, 1.165) is 6.42 Å². The Morgan fingerprint density at radius 3 is 2.25 bits per heavy atom. The zero-order valence-corrected chi connectivity index (χ0v) is 16.9. The zero-order valence-electron chi connectivity index (χ0n) is 15.4. The van der Waals surface area contributed by atoms with Gasteiger partial charge in [0, 0.05) is 34.2 Å². The number of primary amides is 1. The van der Waals surface area contributed by atoms with Gasteiger partial charge in [0.1, 0.15) is 6.04 Å². The lowest BCUT2D eigenvalue weighted by Crippen LogP contribution is -2.47. The number of carbonyl (C=O) groups is 3. The van der Waals surface area contributed by atoms with Crippen LogP contribution in [0.2, 0.25) is 10.0 Å². The molecule has 1 atom stereocenters. The van der Waals surface area contributed by atoms with Crippen LogP contribution in [0, 0.1) is 5.92 Å². The lowest BCUT2D eigenvalue weighted by molar-refractivity contribution is -0.141. The van der Waals surface area contributed by atoms with E-state index in [1.165, 1.54) is 0 Å². The van der Waals surface area contributed by atoms with E-state index in [1.54, 1.807) is 23.1 Å². The van der Waals surface area contributed by atoms with Crippen molar-refractivity contribution < 1.29 is 14.4 Å². The number of amides is 4. The zero-order chi connectivity index (χ0) is 20.3. The van der Waals surface area contributed by atoms with E-state index in [0.29, 0.717) is 54.4 Å². The highest BCUT2D eigenvalue weighted by molar-refractivity contribution is 6.35. The van der Waals surface area contributed by atoms with Crippen LogP contribution >= 0.6 is 23.2 Å². The first-order valence-corrected chi connectivity index (χ1v) is 10.2. The average Bonchev–Trinajstić information content (AvgIpc) is 3.10. The Hall–Kier alpha value is -1.99. The van der Waals surface area contributed by atoms with Crippen molar-refractivity contribution in [3.63, 3.8) is 0 Å². The molecule has 0 spiro atoms. The first-order chi connectivity index (χ1) is 13.3. The molecule has 7 nitrogen and oxygen atoms in total. The fourth-order valence-corrected chi connectivity index (χ4v) is 4.60. The fraction of sp³-hybridized carbons (Fsp3) is 0.526. The predicted molar refractivity (Wildman–Crippen MR) is 108 cm³/mol. The number of anilines is 1. The van der Waals surface area contributed by atoms with Gasteiger partial charge in [0.2, 0.25) is 11.8 Å². The number of hydrogen-bond donors (Lipinski definition) is 3. The van der Waals surface area contributed by atoms with Gasteiger partial charge in [-0.1, -0.05) is 23.2 Å². The first-order valence-electron chi connectivity index (χ1n) is 9.47. The molecule has 4 amide bonds. The summed E-state index contributed by atoms with van der Waals surface area (Å²) in [6.07, 6.45) is 4.20. The minimum absolute atomic E-state index is 0.0132. The molecule has 0 aromatic heterocycles. The molecule has 1 aromatic carbocycles. The number of nitrogens with two attached hydrogens (primary N) is 1. The Morgan fingerprint density at radius 1 is 1.00 bits per heavy atom. The van der Waals surface area contributed by atoms with Gasteiger partial charge in [0.15, 0.2) is 0 Å². The number of rotatable bonds is 4. The smallest absolute Gasteiger partial charge is 0.312 e. The molecule has 28 heavy (non-hydrogen) atoms.